The summed E-state index contributed by atoms with van der Waals surface area (Å²) in [6.45, 7) is 9.29. The van der Waals surface area contributed by atoms with Crippen LogP contribution in [0.25, 0.3) is 0 Å². The van der Waals surface area contributed by atoms with Crippen LogP contribution in [-0.4, -0.2) is 24.5 Å². The lowest BCUT2D eigenvalue weighted by atomic mass is 9.98. The van der Waals surface area contributed by atoms with E-state index in [0.29, 0.717) is 12.0 Å². The molecule has 0 aromatic rings. The summed E-state index contributed by atoms with van der Waals surface area (Å²) in [5, 5.41) is 6.52. The van der Waals surface area contributed by atoms with Gasteiger partial charge in [-0.2, -0.15) is 0 Å². The molecule has 19 heavy (non-hydrogen) atoms. The summed E-state index contributed by atoms with van der Waals surface area (Å²) in [6, 6.07) is 0.457. The molecule has 1 aliphatic carbocycles. The first kappa shape index (κ1) is 16.5. The predicted molar refractivity (Wildman–Crippen MR) is 81.1 cm³/mol. The molecule has 3 nitrogen and oxygen atoms in total. The van der Waals surface area contributed by atoms with Gasteiger partial charge in [0.1, 0.15) is 0 Å². The first-order valence-corrected chi connectivity index (χ1v) is 8.06. The highest BCUT2D eigenvalue weighted by atomic mass is 16.2. The van der Waals surface area contributed by atoms with Crippen molar-refractivity contribution in [2.75, 3.05) is 6.54 Å². The van der Waals surface area contributed by atoms with Gasteiger partial charge in [-0.15, -0.1) is 0 Å². The summed E-state index contributed by atoms with van der Waals surface area (Å²) < 4.78 is 0. The van der Waals surface area contributed by atoms with Crippen molar-refractivity contribution in [3.05, 3.63) is 0 Å². The molecule has 0 radical (unpaired) electrons. The molecule has 3 atom stereocenters. The zero-order chi connectivity index (χ0) is 14.3. The first-order valence-electron chi connectivity index (χ1n) is 8.06. The van der Waals surface area contributed by atoms with Gasteiger partial charge in [0.25, 0.3) is 0 Å². The third-order valence-corrected chi connectivity index (χ3v) is 4.23. The molecule has 0 saturated heterocycles. The molecule has 0 aromatic heterocycles. The van der Waals surface area contributed by atoms with E-state index >= 15 is 0 Å². The second-order valence-corrected chi connectivity index (χ2v) is 6.51. The molecule has 3 unspecified atom stereocenters. The lowest BCUT2D eigenvalue weighted by Crippen LogP contribution is -2.47. The van der Waals surface area contributed by atoms with Crippen LogP contribution in [0.5, 0.6) is 0 Å². The molecule has 1 saturated carbocycles. The van der Waals surface area contributed by atoms with Gasteiger partial charge in [-0.25, -0.2) is 0 Å². The van der Waals surface area contributed by atoms with Crippen molar-refractivity contribution < 1.29 is 4.79 Å². The second kappa shape index (κ2) is 8.57. The number of hydrogen-bond acceptors (Lipinski definition) is 2. The van der Waals surface area contributed by atoms with E-state index < -0.39 is 0 Å². The van der Waals surface area contributed by atoms with E-state index in [0.717, 1.165) is 12.5 Å². The Labute approximate surface area is 118 Å². The summed E-state index contributed by atoms with van der Waals surface area (Å²) in [5.74, 6) is 1.56. The van der Waals surface area contributed by atoms with Crippen molar-refractivity contribution in [2.45, 2.75) is 78.3 Å². The Hall–Kier alpha value is -0.570. The van der Waals surface area contributed by atoms with Crippen LogP contribution in [0.4, 0.5) is 0 Å². The molecule has 112 valence electrons. The normalized spacial score (nSPS) is 25.9. The van der Waals surface area contributed by atoms with E-state index in [2.05, 4.69) is 31.4 Å². The number of carbonyl (C=O) groups excluding carboxylic acids is 1. The van der Waals surface area contributed by atoms with Crippen molar-refractivity contribution in [3.63, 3.8) is 0 Å². The Balaban J connectivity index is 2.31. The third-order valence-electron chi connectivity index (χ3n) is 4.23. The molecular weight excluding hydrogens is 236 g/mol. The number of rotatable bonds is 6. The average Bonchev–Trinajstić information content (AvgIpc) is 2.60. The highest BCUT2D eigenvalue weighted by molar-refractivity contribution is 5.81. The maximum absolute atomic E-state index is 12.0. The maximum Gasteiger partial charge on any atom is 0.236 e. The largest absolute Gasteiger partial charge is 0.354 e. The van der Waals surface area contributed by atoms with Gasteiger partial charge in [0.2, 0.25) is 5.91 Å². The van der Waals surface area contributed by atoms with Gasteiger partial charge in [-0.05, 0) is 38.0 Å². The minimum absolute atomic E-state index is 0.0677. The molecule has 1 fully saturated rings. The smallest absolute Gasteiger partial charge is 0.236 e. The van der Waals surface area contributed by atoms with E-state index in [1.54, 1.807) is 0 Å². The summed E-state index contributed by atoms with van der Waals surface area (Å²) in [7, 11) is 0. The zero-order valence-corrected chi connectivity index (χ0v) is 13.2. The van der Waals surface area contributed by atoms with Crippen LogP contribution in [-0.2, 0) is 4.79 Å². The maximum atomic E-state index is 12.0. The number of carbonyl (C=O) groups is 1. The standard InChI is InChI=1S/C16H32N2O/c1-5-14-7-6-8-15(10-9-14)18-13(4)16(19)17-11-12(2)3/h12-15,18H,5-11H2,1-4H3,(H,17,19). The molecule has 1 aliphatic rings. The molecule has 0 aromatic carbocycles. The Morgan fingerprint density at radius 1 is 1.16 bits per heavy atom. The van der Waals surface area contributed by atoms with Crippen molar-refractivity contribution in [2.24, 2.45) is 11.8 Å². The van der Waals surface area contributed by atoms with Crippen LogP contribution in [0, 0.1) is 11.8 Å². The van der Waals surface area contributed by atoms with Crippen LogP contribution < -0.4 is 10.6 Å². The highest BCUT2D eigenvalue weighted by Crippen LogP contribution is 2.25. The van der Waals surface area contributed by atoms with Crippen LogP contribution in [0.15, 0.2) is 0 Å². The number of nitrogens with one attached hydrogen (secondary N) is 2. The minimum atomic E-state index is -0.0677. The highest BCUT2D eigenvalue weighted by Gasteiger charge is 2.21. The van der Waals surface area contributed by atoms with E-state index in [9.17, 15) is 4.79 Å². The number of amides is 1. The van der Waals surface area contributed by atoms with Gasteiger partial charge in [0.15, 0.2) is 0 Å². The van der Waals surface area contributed by atoms with Crippen molar-refractivity contribution in [1.82, 2.24) is 10.6 Å². The molecule has 1 rings (SSSR count). The molecule has 3 heteroatoms. The van der Waals surface area contributed by atoms with Gasteiger partial charge in [0, 0.05) is 12.6 Å². The number of hydrogen-bond donors (Lipinski definition) is 2. The molecular formula is C16H32N2O. The van der Waals surface area contributed by atoms with Gasteiger partial charge in [-0.1, -0.05) is 40.0 Å². The lowest BCUT2D eigenvalue weighted by Gasteiger charge is -2.22. The van der Waals surface area contributed by atoms with E-state index in [1.807, 2.05) is 6.92 Å². The second-order valence-electron chi connectivity index (χ2n) is 6.51. The van der Waals surface area contributed by atoms with E-state index in [1.165, 1.54) is 38.5 Å². The van der Waals surface area contributed by atoms with E-state index in [-0.39, 0.29) is 11.9 Å². The van der Waals surface area contributed by atoms with Gasteiger partial charge < -0.3 is 10.6 Å². The molecule has 0 spiro atoms. The quantitative estimate of drug-likeness (QED) is 0.727. The van der Waals surface area contributed by atoms with Gasteiger partial charge in [0.05, 0.1) is 6.04 Å². The SMILES string of the molecule is CCC1CCCC(NC(C)C(=O)NCC(C)C)CC1. The first-order chi connectivity index (χ1) is 9.02. The Bertz CT molecular complexity index is 265. The summed E-state index contributed by atoms with van der Waals surface area (Å²) in [4.78, 5) is 12.0. The predicted octanol–water partition coefficient (Wildman–Crippen LogP) is 3.10. The van der Waals surface area contributed by atoms with Crippen LogP contribution in [0.3, 0.4) is 0 Å². The van der Waals surface area contributed by atoms with Crippen molar-refractivity contribution >= 4 is 5.91 Å². The van der Waals surface area contributed by atoms with Gasteiger partial charge in [-0.3, -0.25) is 4.79 Å². The minimum Gasteiger partial charge on any atom is -0.354 e. The molecule has 0 bridgehead atoms. The van der Waals surface area contributed by atoms with Crippen LogP contribution >= 0.6 is 0 Å². The van der Waals surface area contributed by atoms with E-state index in [4.69, 9.17) is 0 Å². The fourth-order valence-electron chi connectivity index (χ4n) is 2.84. The van der Waals surface area contributed by atoms with Crippen molar-refractivity contribution in [1.29, 1.82) is 0 Å². The Kier molecular flexibility index (Phi) is 7.44. The van der Waals surface area contributed by atoms with Crippen LogP contribution in [0.2, 0.25) is 0 Å². The summed E-state index contributed by atoms with van der Waals surface area (Å²) in [5.41, 5.74) is 0. The third kappa shape index (κ3) is 6.42. The molecule has 0 heterocycles. The molecule has 2 N–H and O–H groups in total. The fourth-order valence-corrected chi connectivity index (χ4v) is 2.84. The zero-order valence-electron chi connectivity index (χ0n) is 13.2. The topological polar surface area (TPSA) is 41.1 Å². The van der Waals surface area contributed by atoms with Gasteiger partial charge >= 0.3 is 0 Å². The molecule has 1 amide bonds. The lowest BCUT2D eigenvalue weighted by molar-refractivity contribution is -0.123. The monoisotopic (exact) mass is 268 g/mol. The average molecular weight is 268 g/mol. The Morgan fingerprint density at radius 3 is 2.53 bits per heavy atom. The van der Waals surface area contributed by atoms with Crippen LogP contribution in [0.1, 0.15) is 66.2 Å². The van der Waals surface area contributed by atoms with Crippen molar-refractivity contribution in [3.8, 4) is 0 Å². The summed E-state index contributed by atoms with van der Waals surface area (Å²) in [6.07, 6.45) is 7.73. The fraction of sp³-hybridized carbons (Fsp3) is 0.938. The molecule has 0 aliphatic heterocycles. The Morgan fingerprint density at radius 2 is 1.89 bits per heavy atom. The summed E-state index contributed by atoms with van der Waals surface area (Å²) >= 11 is 0.